The van der Waals surface area contributed by atoms with Gasteiger partial charge in [0, 0.05) is 30.6 Å². The lowest BCUT2D eigenvalue weighted by Crippen LogP contribution is -2.77. The summed E-state index contributed by atoms with van der Waals surface area (Å²) in [4.78, 5) is 12.7. The van der Waals surface area contributed by atoms with Gasteiger partial charge in [-0.3, -0.25) is 4.79 Å². The van der Waals surface area contributed by atoms with Crippen LogP contribution in [0.1, 0.15) is 61.3 Å². The number of aliphatic hydroxyl groups is 3. The predicted molar refractivity (Wildman–Crippen MR) is 173 cm³/mol. The fourth-order valence-corrected chi connectivity index (χ4v) is 39.9. The van der Waals surface area contributed by atoms with Crippen LogP contribution in [-0.2, 0) is 18.8 Å². The summed E-state index contributed by atoms with van der Waals surface area (Å²) in [6.45, 7) is 12.4. The molecular formula is C24H47O7P7. The van der Waals surface area contributed by atoms with E-state index in [-0.39, 0.29) is 18.4 Å². The molecule has 0 bridgehead atoms. The third-order valence-corrected chi connectivity index (χ3v) is 31.3. The first-order chi connectivity index (χ1) is 17.4. The van der Waals surface area contributed by atoms with E-state index in [4.69, 9.17) is 14.0 Å². The molecule has 7 nitrogen and oxygen atoms in total. The zero-order chi connectivity index (χ0) is 29.0. The number of hydrogen-bond acceptors (Lipinski definition) is 7. The third-order valence-electron chi connectivity index (χ3n) is 8.87. The molecule has 3 aliphatic rings. The van der Waals surface area contributed by atoms with Crippen molar-refractivity contribution >= 4 is 63.2 Å². The highest BCUT2D eigenvalue weighted by Gasteiger charge is 2.71. The van der Waals surface area contributed by atoms with Crippen molar-refractivity contribution < 1.29 is 34.1 Å². The molecule has 38 heavy (non-hydrogen) atoms. The van der Waals surface area contributed by atoms with E-state index in [1.807, 2.05) is 27.7 Å². The molecular weight excluding hydrogens is 617 g/mol. The Bertz CT molecular complexity index is 895. The van der Waals surface area contributed by atoms with E-state index in [0.717, 1.165) is 5.57 Å². The minimum Gasteiger partial charge on any atom is -0.462 e. The molecule has 1 saturated carbocycles. The highest BCUT2D eigenvalue weighted by molar-refractivity contribution is 8.96. The number of hydrogen-bond donors (Lipinski definition) is 3. The molecule has 220 valence electrons. The molecule has 0 amide bonds. The normalized spacial score (nSPS) is 38.6. The van der Waals surface area contributed by atoms with Gasteiger partial charge in [0.2, 0.25) is 0 Å². The van der Waals surface area contributed by atoms with Crippen molar-refractivity contribution in [2.45, 2.75) is 97.4 Å². The zero-order valence-corrected chi connectivity index (χ0v) is 30.7. The average molecular weight is 664 g/mol. The summed E-state index contributed by atoms with van der Waals surface area (Å²) in [5, 5.41) is 35.1. The fraction of sp³-hybridized carbons (Fsp3) is 0.875. The molecule has 2 fully saturated rings. The number of fused-ring (bicyclic) bond motifs is 1. The first kappa shape index (κ1) is 34.5. The lowest BCUT2D eigenvalue weighted by atomic mass is 9.49. The molecule has 14 heteroatoms. The molecule has 1 saturated heterocycles. The second-order valence-corrected chi connectivity index (χ2v) is 35.9. The Kier molecular flexibility index (Phi) is 11.8. The summed E-state index contributed by atoms with van der Waals surface area (Å²) < 4.78 is 19.1. The van der Waals surface area contributed by atoms with E-state index in [2.05, 4.69) is 55.6 Å². The molecule has 0 aromatic rings. The van der Waals surface area contributed by atoms with E-state index < -0.39 is 80.3 Å². The van der Waals surface area contributed by atoms with Crippen molar-refractivity contribution in [3.63, 3.8) is 0 Å². The summed E-state index contributed by atoms with van der Waals surface area (Å²) in [7, 11) is 10.7. The van der Waals surface area contributed by atoms with Gasteiger partial charge in [0.1, 0.15) is 11.7 Å². The van der Waals surface area contributed by atoms with Crippen molar-refractivity contribution in [2.24, 2.45) is 28.6 Å². The number of esters is 1. The van der Waals surface area contributed by atoms with Gasteiger partial charge in [0.05, 0.1) is 38.5 Å². The Morgan fingerprint density at radius 1 is 1.16 bits per heavy atom. The summed E-state index contributed by atoms with van der Waals surface area (Å²) in [5.74, 6) is -1.54. The van der Waals surface area contributed by atoms with Gasteiger partial charge < -0.3 is 29.3 Å². The molecule has 1 heterocycles. The Balaban J connectivity index is 2.23. The van der Waals surface area contributed by atoms with Crippen LogP contribution in [0, 0.1) is 28.6 Å². The van der Waals surface area contributed by atoms with Gasteiger partial charge in [0.25, 0.3) is 0 Å². The van der Waals surface area contributed by atoms with Crippen LogP contribution < -0.4 is 0 Å². The molecule has 13 atom stereocenters. The van der Waals surface area contributed by atoms with Gasteiger partial charge in [-0.2, -0.15) is 0 Å². The molecule has 0 aromatic heterocycles. The fourth-order valence-electron chi connectivity index (χ4n) is 7.00. The van der Waals surface area contributed by atoms with Crippen LogP contribution in [0.5, 0.6) is 0 Å². The first-order valence-electron chi connectivity index (χ1n) is 13.0. The van der Waals surface area contributed by atoms with Crippen LogP contribution in [0.4, 0.5) is 0 Å². The maximum absolute atomic E-state index is 12.7. The lowest BCUT2D eigenvalue weighted by Gasteiger charge is -2.66. The molecule has 0 spiro atoms. The van der Waals surface area contributed by atoms with E-state index in [1.54, 1.807) is 0 Å². The first-order valence-corrected chi connectivity index (χ1v) is 24.8. The zero-order valence-electron chi connectivity index (χ0n) is 23.4. The van der Waals surface area contributed by atoms with Crippen molar-refractivity contribution in [2.75, 3.05) is 6.61 Å². The molecule has 3 rings (SSSR count). The smallest absolute Gasteiger partial charge is 0.302 e. The van der Waals surface area contributed by atoms with Gasteiger partial charge >= 0.3 is 5.97 Å². The number of aliphatic hydroxyl groups excluding tert-OH is 2. The molecule has 0 aromatic carbocycles. The molecule has 2 aliphatic carbocycles. The van der Waals surface area contributed by atoms with Crippen LogP contribution in [-0.4, -0.2) is 64.0 Å². The lowest BCUT2D eigenvalue weighted by molar-refractivity contribution is -0.346. The summed E-state index contributed by atoms with van der Waals surface area (Å²) in [6.07, 6.45) is -0.300. The average Bonchev–Trinajstić information content (AvgIpc) is 2.77. The van der Waals surface area contributed by atoms with E-state index in [9.17, 15) is 20.1 Å². The molecule has 0 radical (unpaired) electrons. The quantitative estimate of drug-likeness (QED) is 0.154. The monoisotopic (exact) mass is 664 g/mol. The van der Waals surface area contributed by atoms with Crippen LogP contribution in [0.15, 0.2) is 11.6 Å². The number of ether oxygens (including phenoxy) is 2. The molecule has 13 unspecified atom stereocenters. The summed E-state index contributed by atoms with van der Waals surface area (Å²) in [6, 6.07) is 0. The topological polar surface area (TPSA) is 105 Å². The second-order valence-electron chi connectivity index (χ2n) is 12.3. The van der Waals surface area contributed by atoms with Crippen molar-refractivity contribution in [1.29, 1.82) is 0 Å². The van der Waals surface area contributed by atoms with Crippen LogP contribution in [0.25, 0.3) is 0 Å². The van der Waals surface area contributed by atoms with E-state index in [1.165, 1.54) is 6.92 Å². The van der Waals surface area contributed by atoms with Gasteiger partial charge in [-0.15, -0.1) is 35.7 Å². The Hall–Kier alpha value is 2.02. The SMILES string of the molecule is CC(=O)OC(C1CC(O)C(C)=CC1(C)C)C1C2(O)COC2CC(OP(P(P)P)P(P)P)C1(C)C(O)C(C)C. The number of rotatable bonds is 9. The van der Waals surface area contributed by atoms with Crippen molar-refractivity contribution in [1.82, 2.24) is 0 Å². The van der Waals surface area contributed by atoms with Gasteiger partial charge in [0.15, 0.2) is 0 Å². The van der Waals surface area contributed by atoms with E-state index in [0.29, 0.717) is 12.8 Å². The summed E-state index contributed by atoms with van der Waals surface area (Å²) in [5.41, 5.74) is -1.79. The highest BCUT2D eigenvalue weighted by atomic mass is 33.0. The maximum atomic E-state index is 12.7. The second kappa shape index (κ2) is 12.9. The predicted octanol–water partition coefficient (Wildman–Crippen LogP) is 6.18. The van der Waals surface area contributed by atoms with Gasteiger partial charge in [-0.05, 0) is 44.2 Å². The third kappa shape index (κ3) is 6.58. The minimum atomic E-state index is -1.30. The van der Waals surface area contributed by atoms with Crippen LogP contribution in [0.2, 0.25) is 0 Å². The minimum absolute atomic E-state index is 0.104. The van der Waals surface area contributed by atoms with Crippen LogP contribution >= 0.6 is 57.2 Å². The number of carbonyl (C=O) groups is 1. The van der Waals surface area contributed by atoms with Gasteiger partial charge in [-0.25, -0.2) is 0 Å². The number of carbonyl (C=O) groups excluding carboxylic acids is 1. The molecule has 1 aliphatic heterocycles. The van der Waals surface area contributed by atoms with Crippen LogP contribution in [0.3, 0.4) is 0 Å². The number of allylic oxidation sites excluding steroid dienone is 1. The van der Waals surface area contributed by atoms with E-state index >= 15 is 0 Å². The van der Waals surface area contributed by atoms with Crippen molar-refractivity contribution in [3.05, 3.63) is 11.6 Å². The summed E-state index contributed by atoms with van der Waals surface area (Å²) >= 11 is 0. The van der Waals surface area contributed by atoms with Gasteiger partial charge in [-0.1, -0.05) is 40.7 Å². The highest BCUT2D eigenvalue weighted by Crippen LogP contribution is 2.98. The Labute approximate surface area is 241 Å². The molecule has 3 N–H and O–H groups in total. The standard InChI is InChI=1S/C24H47O7P7/c1-12(2)21(27)23(7)17(31-36(37(32)33)38(34)35)9-18-24(28,11-29-18)20(23)19(30-14(4)25)15-8-16(26)13(3)10-22(15,5)6/h10,12,15-21,26-28H,8-9,11,32-35H2,1-7H3. The van der Waals surface area contributed by atoms with Crippen molar-refractivity contribution in [3.8, 4) is 0 Å². The Morgan fingerprint density at radius 3 is 2.18 bits per heavy atom. The Morgan fingerprint density at radius 2 is 1.74 bits per heavy atom. The largest absolute Gasteiger partial charge is 0.462 e. The maximum Gasteiger partial charge on any atom is 0.302 e.